The Hall–Kier alpha value is -3.91. The molecule has 0 spiro atoms. The number of hydrogen-bond acceptors (Lipinski definition) is 6. The third-order valence-corrected chi connectivity index (χ3v) is 7.61. The van der Waals surface area contributed by atoms with Gasteiger partial charge in [0.25, 0.3) is 0 Å². The predicted molar refractivity (Wildman–Crippen MR) is 165 cm³/mol. The highest BCUT2D eigenvalue weighted by Crippen LogP contribution is 2.32. The summed E-state index contributed by atoms with van der Waals surface area (Å²) in [6.45, 7) is 8.61. The second-order valence-electron chi connectivity index (χ2n) is 11.6. The summed E-state index contributed by atoms with van der Waals surface area (Å²) < 4.78 is 34.0. The number of rotatable bonds is 10. The van der Waals surface area contributed by atoms with Crippen molar-refractivity contribution < 1.29 is 22.7 Å². The van der Waals surface area contributed by atoms with Gasteiger partial charge in [-0.3, -0.25) is 9.69 Å². The van der Waals surface area contributed by atoms with Gasteiger partial charge in [0.2, 0.25) is 5.91 Å². The van der Waals surface area contributed by atoms with Crippen LogP contribution in [0.2, 0.25) is 0 Å². The van der Waals surface area contributed by atoms with Gasteiger partial charge in [0, 0.05) is 24.3 Å². The van der Waals surface area contributed by atoms with E-state index >= 15 is 0 Å². The smallest absolute Gasteiger partial charge is 0.229 e. The van der Waals surface area contributed by atoms with Gasteiger partial charge in [0.15, 0.2) is 9.84 Å². The third kappa shape index (κ3) is 8.07. The molecule has 0 aliphatic carbocycles. The zero-order chi connectivity index (χ0) is 29.8. The molecule has 0 saturated carbocycles. The maximum absolute atomic E-state index is 13.7. The van der Waals surface area contributed by atoms with E-state index in [1.165, 1.54) is 6.26 Å². The fraction of sp³-hybridized carbons (Fsp3) is 0.333. The Kier molecular flexibility index (Phi) is 9.02. The fourth-order valence-corrected chi connectivity index (χ4v) is 5.02. The number of carbonyl (C=O) groups excluding carboxylic acids is 1. The maximum Gasteiger partial charge on any atom is 0.229 e. The number of carbonyl (C=O) groups is 1. The van der Waals surface area contributed by atoms with Gasteiger partial charge in [-0.25, -0.2) is 13.4 Å². The van der Waals surface area contributed by atoms with Crippen molar-refractivity contribution in [1.82, 2.24) is 4.98 Å². The number of anilines is 1. The molecule has 216 valence electrons. The number of ether oxygens (including phenoxy) is 2. The molecule has 0 saturated heterocycles. The van der Waals surface area contributed by atoms with Crippen molar-refractivity contribution in [1.29, 1.82) is 0 Å². The van der Waals surface area contributed by atoms with Crippen molar-refractivity contribution in [3.63, 3.8) is 0 Å². The van der Waals surface area contributed by atoms with E-state index in [-0.39, 0.29) is 23.7 Å². The van der Waals surface area contributed by atoms with E-state index in [1.807, 2.05) is 70.2 Å². The summed E-state index contributed by atoms with van der Waals surface area (Å²) in [4.78, 5) is 20.1. The molecule has 0 aliphatic rings. The standard InChI is InChI=1S/C33H38N2O5S/c1-23-19-26(11-14-30(23)39-5)25-9-7-24(8-10-25)22-35(31(36)21-33(2,3)4)32-29-13-12-28(20-27(29)15-16-34-32)40-17-18-41(6,37)38/h7-16,19-20H,17-18,21-22H2,1-6H3. The summed E-state index contributed by atoms with van der Waals surface area (Å²) in [5, 5.41) is 1.67. The highest BCUT2D eigenvalue weighted by Gasteiger charge is 2.25. The first-order valence-corrected chi connectivity index (χ1v) is 15.6. The lowest BCUT2D eigenvalue weighted by Gasteiger charge is -2.27. The molecule has 4 rings (SSSR count). The lowest BCUT2D eigenvalue weighted by molar-refractivity contribution is -0.120. The molecule has 0 radical (unpaired) electrons. The van der Waals surface area contributed by atoms with Crippen molar-refractivity contribution in [2.45, 2.75) is 40.7 Å². The van der Waals surface area contributed by atoms with E-state index in [0.29, 0.717) is 24.5 Å². The second kappa shape index (κ2) is 12.3. The SMILES string of the molecule is COc1ccc(-c2ccc(CN(C(=O)CC(C)(C)C)c3nccc4cc(OCCS(C)(=O)=O)ccc34)cc2)cc1C. The lowest BCUT2D eigenvalue weighted by Crippen LogP contribution is -2.34. The van der Waals surface area contributed by atoms with Gasteiger partial charge < -0.3 is 9.47 Å². The largest absolute Gasteiger partial charge is 0.496 e. The van der Waals surface area contributed by atoms with Crippen LogP contribution in [0.5, 0.6) is 11.5 Å². The topological polar surface area (TPSA) is 85.8 Å². The average Bonchev–Trinajstić information content (AvgIpc) is 2.90. The van der Waals surface area contributed by atoms with Crippen molar-refractivity contribution in [3.05, 3.63) is 84.1 Å². The molecule has 0 aliphatic heterocycles. The van der Waals surface area contributed by atoms with Crippen LogP contribution in [0.1, 0.15) is 38.3 Å². The number of pyridine rings is 1. The van der Waals surface area contributed by atoms with Crippen LogP contribution in [-0.2, 0) is 21.2 Å². The molecule has 0 N–H and O–H groups in total. The zero-order valence-corrected chi connectivity index (χ0v) is 25.4. The van der Waals surface area contributed by atoms with Gasteiger partial charge in [-0.05, 0) is 76.4 Å². The normalized spacial score (nSPS) is 11.9. The minimum atomic E-state index is -3.12. The Bertz CT molecular complexity index is 1640. The number of hydrogen-bond donors (Lipinski definition) is 0. The van der Waals surface area contributed by atoms with Crippen LogP contribution in [0.4, 0.5) is 5.82 Å². The average molecular weight is 575 g/mol. The highest BCUT2D eigenvalue weighted by molar-refractivity contribution is 7.90. The first-order chi connectivity index (χ1) is 19.3. The number of aryl methyl sites for hydroxylation is 1. The Morgan fingerprint density at radius 1 is 0.951 bits per heavy atom. The predicted octanol–water partition coefficient (Wildman–Crippen LogP) is 6.61. The molecule has 0 fully saturated rings. The van der Waals surface area contributed by atoms with E-state index < -0.39 is 9.84 Å². The summed E-state index contributed by atoms with van der Waals surface area (Å²) >= 11 is 0. The van der Waals surface area contributed by atoms with E-state index in [9.17, 15) is 13.2 Å². The number of sulfone groups is 1. The van der Waals surface area contributed by atoms with Crippen molar-refractivity contribution >= 4 is 32.3 Å². The molecule has 3 aromatic carbocycles. The fourth-order valence-electron chi connectivity index (χ4n) is 4.63. The van der Waals surface area contributed by atoms with E-state index in [0.717, 1.165) is 38.8 Å². The molecule has 7 nitrogen and oxygen atoms in total. The number of fused-ring (bicyclic) bond motifs is 1. The number of methoxy groups -OCH3 is 1. The van der Waals surface area contributed by atoms with E-state index in [1.54, 1.807) is 24.3 Å². The van der Waals surface area contributed by atoms with Gasteiger partial charge in [-0.15, -0.1) is 0 Å². The molecule has 4 aromatic rings. The lowest BCUT2D eigenvalue weighted by atomic mass is 9.91. The van der Waals surface area contributed by atoms with Crippen LogP contribution in [0, 0.1) is 12.3 Å². The zero-order valence-electron chi connectivity index (χ0n) is 24.6. The summed E-state index contributed by atoms with van der Waals surface area (Å²) in [6, 6.07) is 21.7. The minimum absolute atomic E-state index is 0.0131. The Labute approximate surface area is 243 Å². The Morgan fingerprint density at radius 2 is 1.66 bits per heavy atom. The van der Waals surface area contributed by atoms with Crippen LogP contribution in [0.25, 0.3) is 21.9 Å². The number of aromatic nitrogens is 1. The monoisotopic (exact) mass is 574 g/mol. The molecule has 0 atom stereocenters. The number of amides is 1. The van der Waals surface area contributed by atoms with Crippen LogP contribution in [-0.4, -0.2) is 45.0 Å². The number of benzene rings is 3. The molecular formula is C33H38N2O5S. The molecular weight excluding hydrogens is 536 g/mol. The van der Waals surface area contributed by atoms with Gasteiger partial charge in [-0.1, -0.05) is 51.1 Å². The van der Waals surface area contributed by atoms with Crippen LogP contribution in [0.15, 0.2) is 72.9 Å². The molecule has 0 unspecified atom stereocenters. The summed E-state index contributed by atoms with van der Waals surface area (Å²) in [7, 11) is -1.45. The van der Waals surface area contributed by atoms with Crippen molar-refractivity contribution in [3.8, 4) is 22.6 Å². The van der Waals surface area contributed by atoms with Crippen LogP contribution < -0.4 is 14.4 Å². The molecule has 41 heavy (non-hydrogen) atoms. The van der Waals surface area contributed by atoms with Gasteiger partial charge in [0.05, 0.1) is 19.4 Å². The first-order valence-electron chi connectivity index (χ1n) is 13.6. The van der Waals surface area contributed by atoms with Crippen LogP contribution >= 0.6 is 0 Å². The molecule has 0 bridgehead atoms. The van der Waals surface area contributed by atoms with E-state index in [2.05, 4.69) is 23.2 Å². The maximum atomic E-state index is 13.7. The molecule has 8 heteroatoms. The Morgan fingerprint density at radius 3 is 2.29 bits per heavy atom. The molecule has 1 aromatic heterocycles. The van der Waals surface area contributed by atoms with Crippen molar-refractivity contribution in [2.24, 2.45) is 5.41 Å². The summed E-state index contributed by atoms with van der Waals surface area (Å²) in [5.74, 6) is 1.93. The first kappa shape index (κ1) is 30.1. The van der Waals surface area contributed by atoms with Crippen LogP contribution in [0.3, 0.4) is 0 Å². The van der Waals surface area contributed by atoms with Gasteiger partial charge in [0.1, 0.15) is 23.9 Å². The molecule has 1 heterocycles. The van der Waals surface area contributed by atoms with Gasteiger partial charge in [-0.2, -0.15) is 0 Å². The highest BCUT2D eigenvalue weighted by atomic mass is 32.2. The number of nitrogens with zero attached hydrogens (tertiary/aromatic N) is 2. The Balaban J connectivity index is 1.64. The van der Waals surface area contributed by atoms with E-state index in [4.69, 9.17) is 9.47 Å². The second-order valence-corrected chi connectivity index (χ2v) is 13.9. The summed E-state index contributed by atoms with van der Waals surface area (Å²) in [6.07, 6.45) is 3.23. The molecule has 1 amide bonds. The summed E-state index contributed by atoms with van der Waals surface area (Å²) in [5.41, 5.74) is 4.04. The quantitative estimate of drug-likeness (QED) is 0.212. The van der Waals surface area contributed by atoms with Crippen molar-refractivity contribution in [2.75, 3.05) is 30.6 Å². The van der Waals surface area contributed by atoms with Gasteiger partial charge >= 0.3 is 0 Å². The minimum Gasteiger partial charge on any atom is -0.496 e. The third-order valence-electron chi connectivity index (χ3n) is 6.70.